The second kappa shape index (κ2) is 7.89. The Hall–Kier alpha value is -2.18. The van der Waals surface area contributed by atoms with Crippen molar-refractivity contribution in [3.63, 3.8) is 0 Å². The molecule has 0 aliphatic heterocycles. The Bertz CT molecular complexity index is 593. The SMILES string of the molecule is CCCN(CCC)c1c([N+](=O)[O-])cc(C)c(C(C)C)c1[N+](=O)[O-]. The average Bonchev–Trinajstić information content (AvgIpc) is 2.45. The first-order chi connectivity index (χ1) is 10.8. The van der Waals surface area contributed by atoms with E-state index in [4.69, 9.17) is 0 Å². The minimum absolute atomic E-state index is 0.0833. The number of hydrogen-bond acceptors (Lipinski definition) is 5. The fourth-order valence-electron chi connectivity index (χ4n) is 3.03. The minimum atomic E-state index is -0.516. The van der Waals surface area contributed by atoms with Crippen molar-refractivity contribution in [1.82, 2.24) is 0 Å². The number of aryl methyl sites for hydroxylation is 1. The first kappa shape index (κ1) is 18.9. The van der Waals surface area contributed by atoms with E-state index in [0.29, 0.717) is 24.2 Å². The summed E-state index contributed by atoms with van der Waals surface area (Å²) in [6, 6.07) is 1.47. The highest BCUT2D eigenvalue weighted by molar-refractivity contribution is 5.79. The van der Waals surface area contributed by atoms with Gasteiger partial charge in [-0.15, -0.1) is 0 Å². The van der Waals surface area contributed by atoms with E-state index in [0.717, 1.165) is 12.8 Å². The Morgan fingerprint density at radius 2 is 1.61 bits per heavy atom. The first-order valence-electron chi connectivity index (χ1n) is 7.97. The molecule has 1 aromatic rings. The van der Waals surface area contributed by atoms with E-state index in [1.807, 2.05) is 27.7 Å². The van der Waals surface area contributed by atoms with Gasteiger partial charge in [0.25, 0.3) is 5.69 Å². The number of anilines is 1. The maximum absolute atomic E-state index is 11.7. The summed E-state index contributed by atoms with van der Waals surface area (Å²) in [5.74, 6) is -0.0833. The van der Waals surface area contributed by atoms with Gasteiger partial charge in [-0.3, -0.25) is 20.2 Å². The molecule has 0 atom stereocenters. The summed E-state index contributed by atoms with van der Waals surface area (Å²) >= 11 is 0. The zero-order chi connectivity index (χ0) is 17.7. The molecule has 7 nitrogen and oxygen atoms in total. The minimum Gasteiger partial charge on any atom is -0.360 e. The van der Waals surface area contributed by atoms with E-state index in [2.05, 4.69) is 0 Å². The van der Waals surface area contributed by atoms with Gasteiger partial charge in [-0.25, -0.2) is 0 Å². The molecule has 1 rings (SSSR count). The van der Waals surface area contributed by atoms with Crippen molar-refractivity contribution in [1.29, 1.82) is 0 Å². The Morgan fingerprint density at radius 1 is 1.09 bits per heavy atom. The van der Waals surface area contributed by atoms with Crippen LogP contribution in [-0.2, 0) is 0 Å². The van der Waals surface area contributed by atoms with Crippen LogP contribution in [0.2, 0.25) is 0 Å². The molecule has 0 amide bonds. The molecule has 0 aromatic heterocycles. The fraction of sp³-hybridized carbons (Fsp3) is 0.625. The predicted octanol–water partition coefficient (Wildman–Crippen LogP) is 4.56. The van der Waals surface area contributed by atoms with Gasteiger partial charge in [0.15, 0.2) is 5.69 Å². The molecule has 7 heteroatoms. The molecule has 0 radical (unpaired) electrons. The lowest BCUT2D eigenvalue weighted by Gasteiger charge is -2.25. The molecule has 0 bridgehead atoms. The smallest absolute Gasteiger partial charge is 0.303 e. The van der Waals surface area contributed by atoms with Crippen LogP contribution in [-0.4, -0.2) is 22.9 Å². The highest BCUT2D eigenvalue weighted by atomic mass is 16.6. The normalized spacial score (nSPS) is 10.9. The number of rotatable bonds is 8. The van der Waals surface area contributed by atoms with Gasteiger partial charge in [-0.2, -0.15) is 0 Å². The van der Waals surface area contributed by atoms with Crippen molar-refractivity contribution >= 4 is 17.1 Å². The topological polar surface area (TPSA) is 89.5 Å². The van der Waals surface area contributed by atoms with E-state index in [-0.39, 0.29) is 23.0 Å². The van der Waals surface area contributed by atoms with Crippen LogP contribution in [0.3, 0.4) is 0 Å². The largest absolute Gasteiger partial charge is 0.360 e. The molecule has 0 saturated heterocycles. The molecule has 0 fully saturated rings. The van der Waals surface area contributed by atoms with Gasteiger partial charge in [0.05, 0.1) is 9.85 Å². The lowest BCUT2D eigenvalue weighted by molar-refractivity contribution is -0.393. The zero-order valence-corrected chi connectivity index (χ0v) is 14.5. The number of benzene rings is 1. The summed E-state index contributed by atoms with van der Waals surface area (Å²) in [6.07, 6.45) is 1.53. The number of hydrogen-bond donors (Lipinski definition) is 0. The van der Waals surface area contributed by atoms with Crippen molar-refractivity contribution in [3.05, 3.63) is 37.4 Å². The molecule has 0 aliphatic rings. The van der Waals surface area contributed by atoms with Crippen LogP contribution < -0.4 is 4.90 Å². The fourth-order valence-corrected chi connectivity index (χ4v) is 3.03. The summed E-state index contributed by atoms with van der Waals surface area (Å²) in [6.45, 7) is 10.5. The average molecular weight is 323 g/mol. The summed E-state index contributed by atoms with van der Waals surface area (Å²) in [7, 11) is 0. The van der Waals surface area contributed by atoms with Crippen molar-refractivity contribution in [2.24, 2.45) is 0 Å². The third kappa shape index (κ3) is 3.97. The standard InChI is InChI=1S/C16H25N3O4/c1-6-8-17(9-7-2)15-13(18(20)21)10-12(5)14(11(3)4)16(15)19(22)23/h10-11H,6-9H2,1-5H3. The van der Waals surface area contributed by atoms with Crippen molar-refractivity contribution in [2.75, 3.05) is 18.0 Å². The summed E-state index contributed by atoms with van der Waals surface area (Å²) < 4.78 is 0. The van der Waals surface area contributed by atoms with E-state index >= 15 is 0 Å². The molecule has 0 N–H and O–H groups in total. The number of nitro benzene ring substituents is 2. The molecule has 128 valence electrons. The Labute approximate surface area is 136 Å². The van der Waals surface area contributed by atoms with Crippen LogP contribution in [0.15, 0.2) is 6.07 Å². The Balaban J connectivity index is 3.82. The molecule has 0 spiro atoms. The van der Waals surface area contributed by atoms with Gasteiger partial charge in [-0.05, 0) is 31.2 Å². The van der Waals surface area contributed by atoms with Gasteiger partial charge >= 0.3 is 5.69 Å². The molecule has 0 aliphatic carbocycles. The third-order valence-corrected chi connectivity index (χ3v) is 3.76. The highest BCUT2D eigenvalue weighted by Crippen LogP contribution is 2.44. The molecule has 1 aromatic carbocycles. The number of nitrogens with zero attached hydrogens (tertiary/aromatic N) is 3. The van der Waals surface area contributed by atoms with Gasteiger partial charge < -0.3 is 4.90 Å². The van der Waals surface area contributed by atoms with Gasteiger partial charge in [0.2, 0.25) is 0 Å². The van der Waals surface area contributed by atoms with Crippen LogP contribution in [0.4, 0.5) is 17.1 Å². The second-order valence-electron chi connectivity index (χ2n) is 5.98. The van der Waals surface area contributed by atoms with Gasteiger partial charge in [-0.1, -0.05) is 27.7 Å². The van der Waals surface area contributed by atoms with Crippen LogP contribution in [0, 0.1) is 27.2 Å². The summed E-state index contributed by atoms with van der Waals surface area (Å²) in [5, 5.41) is 23.2. The Morgan fingerprint density at radius 3 is 1.96 bits per heavy atom. The van der Waals surface area contributed by atoms with Crippen molar-refractivity contribution in [2.45, 2.75) is 53.4 Å². The lowest BCUT2D eigenvalue weighted by atomic mass is 9.93. The maximum atomic E-state index is 11.7. The van der Waals surface area contributed by atoms with Crippen LogP contribution in [0.25, 0.3) is 0 Å². The first-order valence-corrected chi connectivity index (χ1v) is 7.97. The molecule has 23 heavy (non-hydrogen) atoms. The van der Waals surface area contributed by atoms with Crippen molar-refractivity contribution < 1.29 is 9.85 Å². The summed E-state index contributed by atoms with van der Waals surface area (Å²) in [4.78, 5) is 24.0. The van der Waals surface area contributed by atoms with Crippen LogP contribution in [0.1, 0.15) is 57.6 Å². The van der Waals surface area contributed by atoms with Gasteiger partial charge in [0, 0.05) is 24.7 Å². The van der Waals surface area contributed by atoms with Gasteiger partial charge in [0.1, 0.15) is 0 Å². The zero-order valence-electron chi connectivity index (χ0n) is 14.5. The molecular weight excluding hydrogens is 298 g/mol. The van der Waals surface area contributed by atoms with E-state index in [9.17, 15) is 20.2 Å². The van der Waals surface area contributed by atoms with E-state index in [1.54, 1.807) is 11.8 Å². The van der Waals surface area contributed by atoms with Crippen LogP contribution in [0.5, 0.6) is 0 Å². The molecule has 0 unspecified atom stereocenters. The molecule has 0 heterocycles. The Kier molecular flexibility index (Phi) is 6.48. The molecule has 0 saturated carbocycles. The number of nitro groups is 2. The maximum Gasteiger partial charge on any atom is 0.303 e. The van der Waals surface area contributed by atoms with E-state index in [1.165, 1.54) is 6.07 Å². The van der Waals surface area contributed by atoms with E-state index < -0.39 is 9.85 Å². The van der Waals surface area contributed by atoms with Crippen molar-refractivity contribution in [3.8, 4) is 0 Å². The third-order valence-electron chi connectivity index (χ3n) is 3.76. The summed E-state index contributed by atoms with van der Waals surface area (Å²) in [5.41, 5.74) is 1.02. The monoisotopic (exact) mass is 323 g/mol. The van der Waals surface area contributed by atoms with Crippen LogP contribution >= 0.6 is 0 Å². The molecular formula is C16H25N3O4. The second-order valence-corrected chi connectivity index (χ2v) is 5.98. The lowest BCUT2D eigenvalue weighted by Crippen LogP contribution is -2.27. The predicted molar refractivity (Wildman–Crippen MR) is 91.4 cm³/mol. The highest BCUT2D eigenvalue weighted by Gasteiger charge is 2.34. The quantitative estimate of drug-likeness (QED) is 0.516.